The van der Waals surface area contributed by atoms with Gasteiger partial charge >= 0.3 is 0 Å². The van der Waals surface area contributed by atoms with E-state index in [1.165, 1.54) is 0 Å². The van der Waals surface area contributed by atoms with Crippen LogP contribution < -0.4 is 10.1 Å². The summed E-state index contributed by atoms with van der Waals surface area (Å²) in [4.78, 5) is 12.4. The van der Waals surface area contributed by atoms with Gasteiger partial charge in [0.15, 0.2) is 6.61 Å². The molecule has 0 saturated carbocycles. The molecule has 0 aliphatic rings. The van der Waals surface area contributed by atoms with Gasteiger partial charge in [0, 0.05) is 0 Å². The van der Waals surface area contributed by atoms with Gasteiger partial charge in [0.25, 0.3) is 5.91 Å². The highest BCUT2D eigenvalue weighted by atomic mass is 16.5. The number of amides is 1. The van der Waals surface area contributed by atoms with E-state index in [0.29, 0.717) is 11.3 Å². The SMILES string of the molecule is N#Cc1cccc(OCC(=O)NC(c2ccccc2)c2ccccc2)c1. The second kappa shape index (κ2) is 8.50. The molecule has 26 heavy (non-hydrogen) atoms. The van der Waals surface area contributed by atoms with Crippen molar-refractivity contribution in [3.05, 3.63) is 102 Å². The number of nitrogens with zero attached hydrogens (tertiary/aromatic N) is 1. The van der Waals surface area contributed by atoms with Gasteiger partial charge in [-0.15, -0.1) is 0 Å². The number of rotatable bonds is 6. The maximum atomic E-state index is 12.4. The number of carbonyl (C=O) groups excluding carboxylic acids is 1. The Labute approximate surface area is 152 Å². The summed E-state index contributed by atoms with van der Waals surface area (Å²) in [5.74, 6) is 0.264. The molecule has 0 heterocycles. The topological polar surface area (TPSA) is 62.1 Å². The van der Waals surface area contributed by atoms with Crippen molar-refractivity contribution in [2.24, 2.45) is 0 Å². The molecule has 0 spiro atoms. The van der Waals surface area contributed by atoms with Crippen molar-refractivity contribution in [2.45, 2.75) is 6.04 Å². The summed E-state index contributed by atoms with van der Waals surface area (Å²) in [5, 5.41) is 11.9. The van der Waals surface area contributed by atoms with E-state index in [9.17, 15) is 4.79 Å². The van der Waals surface area contributed by atoms with E-state index >= 15 is 0 Å². The van der Waals surface area contributed by atoms with Crippen molar-refractivity contribution < 1.29 is 9.53 Å². The van der Waals surface area contributed by atoms with Crippen LogP contribution in [0.15, 0.2) is 84.9 Å². The van der Waals surface area contributed by atoms with Crippen molar-refractivity contribution in [2.75, 3.05) is 6.61 Å². The standard InChI is InChI=1S/C22H18N2O2/c23-15-17-8-7-13-20(14-17)26-16-21(25)24-22(18-9-3-1-4-10-18)19-11-5-2-6-12-19/h1-14,22H,16H2,(H,24,25). The Morgan fingerprint density at radius 2 is 1.54 bits per heavy atom. The van der Waals surface area contributed by atoms with Gasteiger partial charge in [-0.1, -0.05) is 66.7 Å². The lowest BCUT2D eigenvalue weighted by atomic mass is 9.99. The van der Waals surface area contributed by atoms with Crippen molar-refractivity contribution in [1.29, 1.82) is 5.26 Å². The van der Waals surface area contributed by atoms with Gasteiger partial charge in [-0.2, -0.15) is 5.26 Å². The monoisotopic (exact) mass is 342 g/mol. The molecule has 0 aliphatic carbocycles. The highest BCUT2D eigenvalue weighted by Crippen LogP contribution is 2.21. The Hall–Kier alpha value is -3.58. The molecule has 0 bridgehead atoms. The van der Waals surface area contributed by atoms with Crippen molar-refractivity contribution in [3.63, 3.8) is 0 Å². The van der Waals surface area contributed by atoms with Crippen LogP contribution in [0.1, 0.15) is 22.7 Å². The van der Waals surface area contributed by atoms with Crippen LogP contribution in [0.5, 0.6) is 5.75 Å². The third-order valence-electron chi connectivity index (χ3n) is 3.90. The maximum Gasteiger partial charge on any atom is 0.258 e. The molecular weight excluding hydrogens is 324 g/mol. The fourth-order valence-electron chi connectivity index (χ4n) is 2.66. The zero-order valence-electron chi connectivity index (χ0n) is 14.1. The van der Waals surface area contributed by atoms with Gasteiger partial charge in [0.05, 0.1) is 17.7 Å². The summed E-state index contributed by atoms with van der Waals surface area (Å²) in [6.45, 7) is -0.120. The lowest BCUT2D eigenvalue weighted by molar-refractivity contribution is -0.123. The largest absolute Gasteiger partial charge is 0.484 e. The molecule has 0 saturated heterocycles. The third kappa shape index (κ3) is 4.49. The average molecular weight is 342 g/mol. The van der Waals surface area contributed by atoms with Crippen LogP contribution in [0.3, 0.4) is 0 Å². The number of nitrogens with one attached hydrogen (secondary N) is 1. The lowest BCUT2D eigenvalue weighted by Gasteiger charge is -2.20. The summed E-state index contributed by atoms with van der Waals surface area (Å²) < 4.78 is 5.52. The van der Waals surface area contributed by atoms with Crippen molar-refractivity contribution >= 4 is 5.91 Å². The van der Waals surface area contributed by atoms with Crippen LogP contribution in [-0.2, 0) is 4.79 Å². The molecule has 1 N–H and O–H groups in total. The molecule has 3 rings (SSSR count). The molecule has 3 aromatic rings. The lowest BCUT2D eigenvalue weighted by Crippen LogP contribution is -2.33. The van der Waals surface area contributed by atoms with E-state index in [1.54, 1.807) is 24.3 Å². The fourth-order valence-corrected chi connectivity index (χ4v) is 2.66. The molecule has 0 atom stereocenters. The molecule has 3 aromatic carbocycles. The normalized spacial score (nSPS) is 10.2. The molecule has 128 valence electrons. The predicted octanol–water partition coefficient (Wildman–Crippen LogP) is 3.84. The Bertz CT molecular complexity index is 863. The number of hydrogen-bond donors (Lipinski definition) is 1. The quantitative estimate of drug-likeness (QED) is 0.740. The number of nitriles is 1. The first-order chi connectivity index (χ1) is 12.8. The fraction of sp³-hybridized carbons (Fsp3) is 0.0909. The Kier molecular flexibility index (Phi) is 5.64. The predicted molar refractivity (Wildman–Crippen MR) is 99.5 cm³/mol. The first kappa shape index (κ1) is 17.2. The molecule has 0 unspecified atom stereocenters. The van der Waals surface area contributed by atoms with Gasteiger partial charge in [0.2, 0.25) is 0 Å². The second-order valence-electron chi connectivity index (χ2n) is 5.75. The van der Waals surface area contributed by atoms with Crippen LogP contribution in [0.2, 0.25) is 0 Å². The Balaban J connectivity index is 1.70. The van der Waals surface area contributed by atoms with E-state index in [4.69, 9.17) is 10.00 Å². The van der Waals surface area contributed by atoms with E-state index in [1.807, 2.05) is 66.7 Å². The molecule has 0 aliphatic heterocycles. The number of carbonyl (C=O) groups is 1. The van der Waals surface area contributed by atoms with Crippen LogP contribution in [0.25, 0.3) is 0 Å². The van der Waals surface area contributed by atoms with Gasteiger partial charge in [-0.25, -0.2) is 0 Å². The van der Waals surface area contributed by atoms with Crippen LogP contribution >= 0.6 is 0 Å². The highest BCUT2D eigenvalue weighted by molar-refractivity contribution is 5.78. The minimum atomic E-state index is -0.251. The van der Waals surface area contributed by atoms with Crippen LogP contribution in [-0.4, -0.2) is 12.5 Å². The molecular formula is C22H18N2O2. The van der Waals surface area contributed by atoms with E-state index in [2.05, 4.69) is 5.32 Å². The van der Waals surface area contributed by atoms with Crippen molar-refractivity contribution in [1.82, 2.24) is 5.32 Å². The maximum absolute atomic E-state index is 12.4. The van der Waals surface area contributed by atoms with Crippen molar-refractivity contribution in [3.8, 4) is 11.8 Å². The highest BCUT2D eigenvalue weighted by Gasteiger charge is 2.16. The minimum absolute atomic E-state index is 0.120. The molecule has 1 amide bonds. The van der Waals surface area contributed by atoms with Gasteiger partial charge < -0.3 is 10.1 Å². The summed E-state index contributed by atoms with van der Waals surface area (Å²) in [5.41, 5.74) is 2.49. The number of benzene rings is 3. The second-order valence-corrected chi connectivity index (χ2v) is 5.75. The number of hydrogen-bond acceptors (Lipinski definition) is 3. The smallest absolute Gasteiger partial charge is 0.258 e. The number of ether oxygens (including phenoxy) is 1. The molecule has 0 aromatic heterocycles. The van der Waals surface area contributed by atoms with Crippen LogP contribution in [0.4, 0.5) is 0 Å². The molecule has 0 fully saturated rings. The zero-order chi connectivity index (χ0) is 18.2. The summed E-state index contributed by atoms with van der Waals surface area (Å²) in [7, 11) is 0. The molecule has 0 radical (unpaired) electrons. The summed E-state index contributed by atoms with van der Waals surface area (Å²) >= 11 is 0. The Morgan fingerprint density at radius 1 is 0.923 bits per heavy atom. The van der Waals surface area contributed by atoms with E-state index < -0.39 is 0 Å². The van der Waals surface area contributed by atoms with Gasteiger partial charge in [0.1, 0.15) is 5.75 Å². The van der Waals surface area contributed by atoms with Gasteiger partial charge in [-0.3, -0.25) is 4.79 Å². The first-order valence-corrected chi connectivity index (χ1v) is 8.28. The minimum Gasteiger partial charge on any atom is -0.484 e. The van der Waals surface area contributed by atoms with Crippen LogP contribution in [0, 0.1) is 11.3 Å². The summed E-state index contributed by atoms with van der Waals surface area (Å²) in [6, 6.07) is 28.1. The zero-order valence-corrected chi connectivity index (χ0v) is 14.1. The molecule has 4 nitrogen and oxygen atoms in total. The summed E-state index contributed by atoms with van der Waals surface area (Å²) in [6.07, 6.45) is 0. The van der Waals surface area contributed by atoms with Gasteiger partial charge in [-0.05, 0) is 29.3 Å². The Morgan fingerprint density at radius 3 is 2.12 bits per heavy atom. The average Bonchev–Trinajstić information content (AvgIpc) is 2.72. The first-order valence-electron chi connectivity index (χ1n) is 8.28. The third-order valence-corrected chi connectivity index (χ3v) is 3.90. The van der Waals surface area contributed by atoms with E-state index in [-0.39, 0.29) is 18.6 Å². The van der Waals surface area contributed by atoms with E-state index in [0.717, 1.165) is 11.1 Å². The molecule has 4 heteroatoms.